The molecule has 0 radical (unpaired) electrons. The Hall–Kier alpha value is -3.70. The van der Waals surface area contributed by atoms with Gasteiger partial charge in [-0.3, -0.25) is 19.4 Å². The Morgan fingerprint density at radius 1 is 1.03 bits per heavy atom. The van der Waals surface area contributed by atoms with E-state index in [1.165, 1.54) is 30.0 Å². The van der Waals surface area contributed by atoms with Crippen molar-refractivity contribution in [2.45, 2.75) is 13.5 Å². The van der Waals surface area contributed by atoms with Gasteiger partial charge < -0.3 is 9.47 Å². The molecule has 0 unspecified atom stereocenters. The van der Waals surface area contributed by atoms with Crippen LogP contribution in [0.4, 0.5) is 0 Å². The molecule has 0 spiro atoms. The van der Waals surface area contributed by atoms with Gasteiger partial charge in [0.25, 0.3) is 11.8 Å². The molecule has 8 heteroatoms. The largest absolute Gasteiger partial charge is 0.490 e. The molecule has 31 heavy (non-hydrogen) atoms. The molecule has 0 aromatic heterocycles. The van der Waals surface area contributed by atoms with Crippen molar-refractivity contribution in [1.29, 1.82) is 5.26 Å². The lowest BCUT2D eigenvalue weighted by atomic mass is 10.1. The number of likely N-dealkylation sites (N-methyl/N-ethyl adjacent to an activating group) is 2. The second-order valence-electron chi connectivity index (χ2n) is 6.77. The number of amides is 2. The SMILES string of the molecule is CCOc1cc(C=C2C(=O)N(C)C(=S)N(C)C2=O)ccc1OCc1ccccc1C#N. The minimum atomic E-state index is -0.459. The highest BCUT2D eigenvalue weighted by Crippen LogP contribution is 2.31. The van der Waals surface area contributed by atoms with Gasteiger partial charge in [-0.1, -0.05) is 24.3 Å². The Morgan fingerprint density at radius 2 is 1.71 bits per heavy atom. The maximum absolute atomic E-state index is 12.5. The first-order valence-corrected chi connectivity index (χ1v) is 9.97. The van der Waals surface area contributed by atoms with Gasteiger partial charge >= 0.3 is 0 Å². The molecule has 0 atom stereocenters. The van der Waals surface area contributed by atoms with Crippen LogP contribution in [-0.2, 0) is 16.2 Å². The van der Waals surface area contributed by atoms with Crippen molar-refractivity contribution >= 4 is 35.2 Å². The number of rotatable bonds is 6. The van der Waals surface area contributed by atoms with E-state index in [9.17, 15) is 14.9 Å². The van der Waals surface area contributed by atoms with E-state index < -0.39 is 11.8 Å². The molecule has 3 rings (SSSR count). The molecular formula is C23H21N3O4S. The Morgan fingerprint density at radius 3 is 2.35 bits per heavy atom. The van der Waals surface area contributed by atoms with Crippen molar-refractivity contribution in [2.24, 2.45) is 0 Å². The van der Waals surface area contributed by atoms with E-state index in [-0.39, 0.29) is 17.3 Å². The molecule has 0 bridgehead atoms. The summed E-state index contributed by atoms with van der Waals surface area (Å²) < 4.78 is 11.6. The fraction of sp³-hybridized carbons (Fsp3) is 0.217. The topological polar surface area (TPSA) is 82.9 Å². The van der Waals surface area contributed by atoms with E-state index >= 15 is 0 Å². The summed E-state index contributed by atoms with van der Waals surface area (Å²) in [7, 11) is 3.06. The summed E-state index contributed by atoms with van der Waals surface area (Å²) in [5, 5.41) is 9.39. The summed E-state index contributed by atoms with van der Waals surface area (Å²) in [4.78, 5) is 27.6. The molecule has 0 N–H and O–H groups in total. The van der Waals surface area contributed by atoms with Crippen molar-refractivity contribution in [3.05, 3.63) is 64.7 Å². The monoisotopic (exact) mass is 435 g/mol. The van der Waals surface area contributed by atoms with Crippen molar-refractivity contribution in [3.63, 3.8) is 0 Å². The molecule has 2 aromatic carbocycles. The van der Waals surface area contributed by atoms with E-state index in [0.717, 1.165) is 5.56 Å². The van der Waals surface area contributed by atoms with Gasteiger partial charge in [-0.2, -0.15) is 5.26 Å². The van der Waals surface area contributed by atoms with Crippen LogP contribution in [0.1, 0.15) is 23.6 Å². The minimum Gasteiger partial charge on any atom is -0.490 e. The number of ether oxygens (including phenoxy) is 2. The highest BCUT2D eigenvalue weighted by atomic mass is 32.1. The molecular weight excluding hydrogens is 414 g/mol. The summed E-state index contributed by atoms with van der Waals surface area (Å²) >= 11 is 5.11. The van der Waals surface area contributed by atoms with E-state index in [2.05, 4.69) is 6.07 Å². The number of hydrogen-bond donors (Lipinski definition) is 0. The van der Waals surface area contributed by atoms with Gasteiger partial charge in [0.05, 0.1) is 18.2 Å². The highest BCUT2D eigenvalue weighted by molar-refractivity contribution is 7.80. The molecule has 158 valence electrons. The maximum atomic E-state index is 12.5. The van der Waals surface area contributed by atoms with Crippen molar-refractivity contribution in [2.75, 3.05) is 20.7 Å². The van der Waals surface area contributed by atoms with Crippen LogP contribution in [0, 0.1) is 11.3 Å². The minimum absolute atomic E-state index is 0.0117. The van der Waals surface area contributed by atoms with E-state index in [0.29, 0.717) is 29.2 Å². The summed E-state index contributed by atoms with van der Waals surface area (Å²) in [5.74, 6) is 0.0478. The molecule has 1 fully saturated rings. The van der Waals surface area contributed by atoms with Crippen LogP contribution in [0.15, 0.2) is 48.0 Å². The van der Waals surface area contributed by atoms with Crippen LogP contribution in [0.25, 0.3) is 6.08 Å². The zero-order chi connectivity index (χ0) is 22.5. The Labute approximate surface area is 186 Å². The second-order valence-corrected chi connectivity index (χ2v) is 7.13. The molecule has 2 amide bonds. The van der Waals surface area contributed by atoms with E-state index in [1.54, 1.807) is 30.3 Å². The van der Waals surface area contributed by atoms with Gasteiger partial charge in [0.1, 0.15) is 12.2 Å². The predicted molar refractivity (Wildman–Crippen MR) is 119 cm³/mol. The van der Waals surface area contributed by atoms with Crippen molar-refractivity contribution in [3.8, 4) is 17.6 Å². The molecule has 0 saturated carbocycles. The van der Waals surface area contributed by atoms with Crippen LogP contribution in [0.5, 0.6) is 11.5 Å². The number of hydrogen-bond acceptors (Lipinski definition) is 6. The van der Waals surface area contributed by atoms with E-state index in [1.807, 2.05) is 19.1 Å². The summed E-state index contributed by atoms with van der Waals surface area (Å²) in [6.45, 7) is 2.45. The van der Waals surface area contributed by atoms with Crippen LogP contribution in [0.3, 0.4) is 0 Å². The first kappa shape index (κ1) is 22.0. The Kier molecular flexibility index (Phi) is 6.68. The lowest BCUT2D eigenvalue weighted by Gasteiger charge is -2.31. The number of carbonyl (C=O) groups excluding carboxylic acids is 2. The Balaban J connectivity index is 1.89. The number of nitrogens with zero attached hydrogens (tertiary/aromatic N) is 3. The molecule has 1 saturated heterocycles. The second kappa shape index (κ2) is 9.41. The number of benzene rings is 2. The average Bonchev–Trinajstić information content (AvgIpc) is 2.79. The highest BCUT2D eigenvalue weighted by Gasteiger charge is 2.35. The lowest BCUT2D eigenvalue weighted by Crippen LogP contribution is -2.52. The fourth-order valence-electron chi connectivity index (χ4n) is 3.05. The number of nitriles is 1. The zero-order valence-corrected chi connectivity index (χ0v) is 18.2. The quantitative estimate of drug-likeness (QED) is 0.394. The molecule has 1 heterocycles. The van der Waals surface area contributed by atoms with Crippen molar-refractivity contribution in [1.82, 2.24) is 9.80 Å². The molecule has 1 aliphatic rings. The van der Waals surface area contributed by atoms with Gasteiger partial charge in [0.2, 0.25) is 0 Å². The fourth-order valence-corrected chi connectivity index (χ4v) is 3.22. The third-order valence-corrected chi connectivity index (χ3v) is 5.29. The zero-order valence-electron chi connectivity index (χ0n) is 17.4. The summed E-state index contributed by atoms with van der Waals surface area (Å²) in [6, 6.07) is 14.5. The van der Waals surface area contributed by atoms with Crippen LogP contribution in [0.2, 0.25) is 0 Å². The summed E-state index contributed by atoms with van der Waals surface area (Å²) in [5.41, 5.74) is 1.93. The molecule has 2 aromatic rings. The van der Waals surface area contributed by atoms with Gasteiger partial charge in [-0.05, 0) is 49.0 Å². The Bertz CT molecular complexity index is 1090. The van der Waals surface area contributed by atoms with Gasteiger partial charge in [-0.25, -0.2) is 0 Å². The maximum Gasteiger partial charge on any atom is 0.265 e. The third kappa shape index (κ3) is 4.57. The van der Waals surface area contributed by atoms with Gasteiger partial charge in [0.15, 0.2) is 16.6 Å². The van der Waals surface area contributed by atoms with Gasteiger partial charge in [-0.15, -0.1) is 0 Å². The number of thiocarbonyl (C=S) groups is 1. The van der Waals surface area contributed by atoms with Crippen LogP contribution in [-0.4, -0.2) is 47.4 Å². The smallest absolute Gasteiger partial charge is 0.265 e. The van der Waals surface area contributed by atoms with Gasteiger partial charge in [0, 0.05) is 19.7 Å². The summed E-state index contributed by atoms with van der Waals surface area (Å²) in [6.07, 6.45) is 1.51. The predicted octanol–water partition coefficient (Wildman–Crippen LogP) is 3.13. The number of carbonyl (C=O) groups is 2. The van der Waals surface area contributed by atoms with Crippen LogP contribution < -0.4 is 9.47 Å². The molecule has 1 aliphatic heterocycles. The third-order valence-electron chi connectivity index (χ3n) is 4.74. The van der Waals surface area contributed by atoms with E-state index in [4.69, 9.17) is 21.7 Å². The normalized spacial score (nSPS) is 13.9. The van der Waals surface area contributed by atoms with Crippen molar-refractivity contribution < 1.29 is 19.1 Å². The first-order valence-electron chi connectivity index (χ1n) is 9.56. The average molecular weight is 436 g/mol. The first-order chi connectivity index (χ1) is 14.9. The van der Waals surface area contributed by atoms with Crippen LogP contribution >= 0.6 is 12.2 Å². The molecule has 0 aliphatic carbocycles. The molecule has 7 nitrogen and oxygen atoms in total. The lowest BCUT2D eigenvalue weighted by molar-refractivity contribution is -0.132. The standard InChI is InChI=1S/C23H21N3O4S/c1-4-29-20-12-15(11-18-21(27)25(2)23(31)26(3)22(18)28)9-10-19(20)30-14-17-8-6-5-7-16(17)13-24/h5-12H,4,14H2,1-3H3.